The van der Waals surface area contributed by atoms with Gasteiger partial charge in [-0.15, -0.1) is 0 Å². The molecule has 0 spiro atoms. The number of halogens is 1. The number of aryl methyl sites for hydroxylation is 1. The summed E-state index contributed by atoms with van der Waals surface area (Å²) < 4.78 is 40.1. The molecule has 0 atom stereocenters. The summed E-state index contributed by atoms with van der Waals surface area (Å²) in [4.78, 5) is 10.9. The zero-order valence-electron chi connectivity index (χ0n) is 12.1. The highest BCUT2D eigenvalue weighted by Crippen LogP contribution is 2.21. The average molecular weight is 322 g/mol. The molecule has 2 rings (SSSR count). The van der Waals surface area contributed by atoms with Crippen molar-refractivity contribution in [3.63, 3.8) is 0 Å². The van der Waals surface area contributed by atoms with E-state index in [0.29, 0.717) is 11.3 Å². The Morgan fingerprint density at radius 3 is 2.32 bits per heavy atom. The maximum Gasteiger partial charge on any atom is 0.261 e. The predicted molar refractivity (Wildman–Crippen MR) is 82.7 cm³/mol. The fraction of sp³-hybridized carbons (Fsp3) is 0.133. The van der Waals surface area contributed by atoms with Gasteiger partial charge in [0.25, 0.3) is 10.0 Å². The minimum atomic E-state index is -3.83. The molecule has 2 aromatic rings. The largest absolute Gasteiger partial charge is 0.326 e. The molecule has 0 aliphatic carbocycles. The lowest BCUT2D eigenvalue weighted by atomic mass is 10.2. The van der Waals surface area contributed by atoms with E-state index < -0.39 is 15.8 Å². The van der Waals surface area contributed by atoms with E-state index in [2.05, 4.69) is 10.0 Å². The molecule has 2 N–H and O–H groups in total. The van der Waals surface area contributed by atoms with E-state index in [1.54, 1.807) is 6.92 Å². The number of carbonyl (C=O) groups excluding carboxylic acids is 1. The summed E-state index contributed by atoms with van der Waals surface area (Å²) in [6.07, 6.45) is 0. The summed E-state index contributed by atoms with van der Waals surface area (Å²) in [5, 5.41) is 2.55. The molecule has 0 aliphatic heterocycles. The van der Waals surface area contributed by atoms with Crippen LogP contribution >= 0.6 is 0 Å². The molecule has 5 nitrogen and oxygen atoms in total. The molecular formula is C15H15FN2O3S. The van der Waals surface area contributed by atoms with E-state index >= 15 is 0 Å². The molecule has 0 aliphatic rings. The molecule has 2 aromatic carbocycles. The van der Waals surface area contributed by atoms with Crippen molar-refractivity contribution >= 4 is 27.3 Å². The van der Waals surface area contributed by atoms with Crippen LogP contribution in [0.25, 0.3) is 0 Å². The van der Waals surface area contributed by atoms with Gasteiger partial charge in [-0.3, -0.25) is 9.52 Å². The number of hydrogen-bond donors (Lipinski definition) is 2. The highest BCUT2D eigenvalue weighted by atomic mass is 32.2. The number of carbonyl (C=O) groups is 1. The van der Waals surface area contributed by atoms with Gasteiger partial charge in [-0.1, -0.05) is 6.07 Å². The second kappa shape index (κ2) is 6.15. The summed E-state index contributed by atoms with van der Waals surface area (Å²) >= 11 is 0. The van der Waals surface area contributed by atoms with Crippen LogP contribution in [0.2, 0.25) is 0 Å². The van der Waals surface area contributed by atoms with Crippen LogP contribution in [0, 0.1) is 12.7 Å². The van der Waals surface area contributed by atoms with Gasteiger partial charge in [0.1, 0.15) is 5.82 Å². The lowest BCUT2D eigenvalue weighted by molar-refractivity contribution is -0.114. The fourth-order valence-corrected chi connectivity index (χ4v) is 2.95. The molecule has 116 valence electrons. The van der Waals surface area contributed by atoms with Gasteiger partial charge >= 0.3 is 0 Å². The number of amides is 1. The number of hydrogen-bond acceptors (Lipinski definition) is 3. The molecule has 0 saturated heterocycles. The molecule has 22 heavy (non-hydrogen) atoms. The fourth-order valence-electron chi connectivity index (χ4n) is 1.83. The lowest BCUT2D eigenvalue weighted by Crippen LogP contribution is -2.14. The molecule has 0 radical (unpaired) electrons. The van der Waals surface area contributed by atoms with Gasteiger partial charge in [0.2, 0.25) is 5.91 Å². The number of sulfonamides is 1. The first-order chi connectivity index (χ1) is 10.3. The van der Waals surface area contributed by atoms with Crippen LogP contribution in [0.5, 0.6) is 0 Å². The summed E-state index contributed by atoms with van der Waals surface area (Å²) in [5.41, 5.74) is 1.29. The highest BCUT2D eigenvalue weighted by Gasteiger charge is 2.15. The zero-order valence-corrected chi connectivity index (χ0v) is 12.9. The van der Waals surface area contributed by atoms with Crippen molar-refractivity contribution < 1.29 is 17.6 Å². The minimum absolute atomic E-state index is 0.0188. The quantitative estimate of drug-likeness (QED) is 0.909. The van der Waals surface area contributed by atoms with Crippen molar-refractivity contribution in [1.82, 2.24) is 0 Å². The van der Waals surface area contributed by atoms with Gasteiger partial charge < -0.3 is 5.32 Å². The highest BCUT2D eigenvalue weighted by molar-refractivity contribution is 7.92. The third-order valence-corrected chi connectivity index (χ3v) is 4.31. The maximum atomic E-state index is 13.2. The van der Waals surface area contributed by atoms with Gasteiger partial charge in [0.05, 0.1) is 10.6 Å². The van der Waals surface area contributed by atoms with E-state index in [-0.39, 0.29) is 16.5 Å². The lowest BCUT2D eigenvalue weighted by Gasteiger charge is -2.11. The van der Waals surface area contributed by atoms with Crippen molar-refractivity contribution in [3.05, 3.63) is 53.8 Å². The Morgan fingerprint density at radius 1 is 1.09 bits per heavy atom. The standard InChI is InChI=1S/C15H15FN2O3S/c1-10-3-4-12(16)9-15(10)18-22(20,21)14-7-5-13(6-8-14)17-11(2)19/h3-9,18H,1-2H3,(H,17,19). The number of rotatable bonds is 4. The van der Waals surface area contributed by atoms with Gasteiger partial charge in [-0.2, -0.15) is 0 Å². The normalized spacial score (nSPS) is 11.0. The van der Waals surface area contributed by atoms with Crippen LogP contribution in [0.1, 0.15) is 12.5 Å². The Bertz CT molecular complexity index is 802. The molecule has 0 fully saturated rings. The third-order valence-electron chi connectivity index (χ3n) is 2.93. The van der Waals surface area contributed by atoms with E-state index in [0.717, 1.165) is 6.07 Å². The Kier molecular flexibility index (Phi) is 4.46. The molecule has 0 unspecified atom stereocenters. The first kappa shape index (κ1) is 16.0. The smallest absolute Gasteiger partial charge is 0.261 e. The molecular weight excluding hydrogens is 307 g/mol. The van der Waals surface area contributed by atoms with Gasteiger partial charge in [0, 0.05) is 12.6 Å². The van der Waals surface area contributed by atoms with E-state index in [1.807, 2.05) is 0 Å². The van der Waals surface area contributed by atoms with Crippen LogP contribution in [0.3, 0.4) is 0 Å². The summed E-state index contributed by atoms with van der Waals surface area (Å²) in [6, 6.07) is 9.56. The summed E-state index contributed by atoms with van der Waals surface area (Å²) in [7, 11) is -3.83. The third kappa shape index (κ3) is 3.82. The average Bonchev–Trinajstić information content (AvgIpc) is 2.42. The van der Waals surface area contributed by atoms with Crippen molar-refractivity contribution in [2.75, 3.05) is 10.0 Å². The molecule has 7 heteroatoms. The second-order valence-corrected chi connectivity index (χ2v) is 6.45. The molecule has 0 saturated carbocycles. The van der Waals surface area contributed by atoms with E-state index in [1.165, 1.54) is 43.3 Å². The Balaban J connectivity index is 2.26. The topological polar surface area (TPSA) is 75.3 Å². The van der Waals surface area contributed by atoms with E-state index in [4.69, 9.17) is 0 Å². The Hall–Kier alpha value is -2.41. The number of benzene rings is 2. The zero-order chi connectivity index (χ0) is 16.3. The van der Waals surface area contributed by atoms with Crippen LogP contribution < -0.4 is 10.0 Å². The first-order valence-electron chi connectivity index (χ1n) is 6.44. The maximum absolute atomic E-state index is 13.2. The number of anilines is 2. The van der Waals surface area contributed by atoms with Crippen molar-refractivity contribution in [2.24, 2.45) is 0 Å². The first-order valence-corrected chi connectivity index (χ1v) is 7.93. The SMILES string of the molecule is CC(=O)Nc1ccc(S(=O)(=O)Nc2cc(F)ccc2C)cc1. The van der Waals surface area contributed by atoms with Crippen molar-refractivity contribution in [1.29, 1.82) is 0 Å². The van der Waals surface area contributed by atoms with Gasteiger partial charge in [-0.25, -0.2) is 12.8 Å². The van der Waals surface area contributed by atoms with Crippen LogP contribution in [-0.2, 0) is 14.8 Å². The Labute approximate surface area is 128 Å². The predicted octanol–water partition coefficient (Wildman–Crippen LogP) is 2.89. The van der Waals surface area contributed by atoms with Crippen LogP contribution in [0.4, 0.5) is 15.8 Å². The summed E-state index contributed by atoms with van der Waals surface area (Å²) in [6.45, 7) is 3.04. The summed E-state index contributed by atoms with van der Waals surface area (Å²) in [5.74, 6) is -0.770. The van der Waals surface area contributed by atoms with Crippen LogP contribution in [0.15, 0.2) is 47.4 Å². The van der Waals surface area contributed by atoms with Crippen molar-refractivity contribution in [2.45, 2.75) is 18.7 Å². The van der Waals surface area contributed by atoms with Crippen LogP contribution in [-0.4, -0.2) is 14.3 Å². The monoisotopic (exact) mass is 322 g/mol. The molecule has 0 bridgehead atoms. The second-order valence-electron chi connectivity index (χ2n) is 4.77. The Morgan fingerprint density at radius 2 is 1.73 bits per heavy atom. The molecule has 0 aromatic heterocycles. The van der Waals surface area contributed by atoms with Gasteiger partial charge in [0.15, 0.2) is 0 Å². The van der Waals surface area contributed by atoms with Crippen molar-refractivity contribution in [3.8, 4) is 0 Å². The molecule has 1 amide bonds. The number of nitrogens with one attached hydrogen (secondary N) is 2. The molecule has 0 heterocycles. The van der Waals surface area contributed by atoms with E-state index in [9.17, 15) is 17.6 Å². The minimum Gasteiger partial charge on any atom is -0.326 e. The van der Waals surface area contributed by atoms with Gasteiger partial charge in [-0.05, 0) is 48.9 Å².